The van der Waals surface area contributed by atoms with Crippen LogP contribution in [0.15, 0.2) is 191 Å². The van der Waals surface area contributed by atoms with E-state index >= 15 is 0 Å². The molecule has 0 saturated carbocycles. The fourth-order valence-corrected chi connectivity index (χ4v) is 10.1. The summed E-state index contributed by atoms with van der Waals surface area (Å²) in [5.74, 6) is 0.420. The minimum Gasteiger partial charge on any atom is -0.0991 e. The van der Waals surface area contributed by atoms with E-state index in [0.29, 0.717) is 0 Å². The van der Waals surface area contributed by atoms with Crippen LogP contribution in [0.3, 0.4) is 0 Å². The summed E-state index contributed by atoms with van der Waals surface area (Å²) in [5.41, 5.74) is 16.0. The second-order valence-electron chi connectivity index (χ2n) is 13.5. The number of benzene rings is 6. The van der Waals surface area contributed by atoms with Crippen LogP contribution in [-0.2, 0) is 0 Å². The molecule has 3 aliphatic carbocycles. The molecule has 1 heterocycles. The van der Waals surface area contributed by atoms with Crippen LogP contribution in [-0.4, -0.2) is 0 Å². The molecule has 1 aliphatic heterocycles. The summed E-state index contributed by atoms with van der Waals surface area (Å²) in [4.78, 5) is 2.66. The van der Waals surface area contributed by atoms with E-state index in [1.807, 2.05) is 17.8 Å². The van der Waals surface area contributed by atoms with Gasteiger partial charge in [-0.2, -0.15) is 0 Å². The van der Waals surface area contributed by atoms with Gasteiger partial charge in [-0.25, -0.2) is 0 Å². The predicted molar refractivity (Wildman–Crippen MR) is 215 cm³/mol. The van der Waals surface area contributed by atoms with E-state index in [9.17, 15) is 0 Å². The predicted octanol–water partition coefficient (Wildman–Crippen LogP) is 13.5. The van der Waals surface area contributed by atoms with Crippen molar-refractivity contribution < 1.29 is 0 Å². The third-order valence-electron chi connectivity index (χ3n) is 11.0. The van der Waals surface area contributed by atoms with Gasteiger partial charge in [0.1, 0.15) is 0 Å². The Kier molecular flexibility index (Phi) is 6.72. The number of hydrogen-bond donors (Lipinski definition) is 0. The molecule has 0 spiro atoms. The summed E-state index contributed by atoms with van der Waals surface area (Å²) in [7, 11) is 0. The van der Waals surface area contributed by atoms with Gasteiger partial charge in [-0.3, -0.25) is 0 Å². The van der Waals surface area contributed by atoms with E-state index in [0.717, 1.165) is 0 Å². The lowest BCUT2D eigenvalue weighted by Crippen LogP contribution is -2.24. The van der Waals surface area contributed by atoms with Gasteiger partial charge in [0, 0.05) is 27.0 Å². The van der Waals surface area contributed by atoms with E-state index in [1.165, 1.54) is 98.1 Å². The highest BCUT2D eigenvalue weighted by Gasteiger charge is 2.42. The Morgan fingerprint density at radius 1 is 0.640 bits per heavy atom. The molecule has 10 rings (SSSR count). The molecule has 6 aromatic carbocycles. The maximum Gasteiger partial charge on any atom is 0.0207 e. The first kappa shape index (κ1) is 29.3. The molecule has 0 saturated heterocycles. The van der Waals surface area contributed by atoms with E-state index in [4.69, 9.17) is 0 Å². The van der Waals surface area contributed by atoms with Gasteiger partial charge >= 0.3 is 0 Å². The van der Waals surface area contributed by atoms with Crippen molar-refractivity contribution in [1.29, 1.82) is 0 Å². The average molecular weight is 655 g/mol. The van der Waals surface area contributed by atoms with Crippen LogP contribution in [0, 0.1) is 11.8 Å². The third-order valence-corrected chi connectivity index (χ3v) is 12.1. The lowest BCUT2D eigenvalue weighted by Gasteiger charge is -2.37. The van der Waals surface area contributed by atoms with Crippen LogP contribution in [0.25, 0.3) is 60.5 Å². The average Bonchev–Trinajstić information content (AvgIpc) is 3.50. The summed E-state index contributed by atoms with van der Waals surface area (Å²) in [6, 6.07) is 43.3. The van der Waals surface area contributed by atoms with Gasteiger partial charge in [-0.15, -0.1) is 0 Å². The highest BCUT2D eigenvalue weighted by molar-refractivity contribution is 7.99. The van der Waals surface area contributed by atoms with E-state index in [2.05, 4.69) is 171 Å². The van der Waals surface area contributed by atoms with Gasteiger partial charge < -0.3 is 0 Å². The number of hydrogen-bond acceptors (Lipinski definition) is 1. The van der Waals surface area contributed by atoms with Crippen LogP contribution in [0.5, 0.6) is 0 Å². The van der Waals surface area contributed by atoms with E-state index < -0.39 is 0 Å². The van der Waals surface area contributed by atoms with Crippen molar-refractivity contribution in [2.75, 3.05) is 0 Å². The molecule has 0 amide bonds. The Hall–Kier alpha value is -5.63. The van der Waals surface area contributed by atoms with Crippen molar-refractivity contribution in [2.24, 2.45) is 11.8 Å². The van der Waals surface area contributed by atoms with E-state index in [1.54, 1.807) is 0 Å². The highest BCUT2D eigenvalue weighted by Crippen LogP contribution is 2.60. The second-order valence-corrected chi connectivity index (χ2v) is 14.6. The fourth-order valence-electron chi connectivity index (χ4n) is 8.96. The van der Waals surface area contributed by atoms with Crippen LogP contribution in [0.4, 0.5) is 0 Å². The minimum atomic E-state index is 0.198. The molecule has 2 atom stereocenters. The maximum atomic E-state index is 3.98. The lowest BCUT2D eigenvalue weighted by molar-refractivity contribution is 0.640. The maximum absolute atomic E-state index is 3.98. The van der Waals surface area contributed by atoms with Crippen molar-refractivity contribution in [1.82, 2.24) is 0 Å². The fraction of sp³-hybridized carbons (Fsp3) is 0.0612. The Morgan fingerprint density at radius 2 is 1.40 bits per heavy atom. The molecule has 0 bridgehead atoms. The normalized spacial score (nSPS) is 18.6. The molecule has 0 N–H and O–H groups in total. The van der Waals surface area contributed by atoms with Crippen LogP contribution in [0.1, 0.15) is 23.6 Å². The van der Waals surface area contributed by atoms with Crippen molar-refractivity contribution in [2.45, 2.75) is 16.7 Å². The van der Waals surface area contributed by atoms with Gasteiger partial charge in [-0.05, 0) is 102 Å². The summed E-state index contributed by atoms with van der Waals surface area (Å²) < 4.78 is 0. The molecule has 2 unspecified atom stereocenters. The van der Waals surface area contributed by atoms with E-state index in [-0.39, 0.29) is 11.8 Å². The zero-order chi connectivity index (χ0) is 33.3. The smallest absolute Gasteiger partial charge is 0.0207 e. The number of rotatable bonds is 5. The van der Waals surface area contributed by atoms with Gasteiger partial charge in [0.2, 0.25) is 0 Å². The second kappa shape index (κ2) is 11.5. The standard InChI is InChI=1S/C49H34S/c1-3-5-13-30(4-2)45-38-17-6-7-18-39(38)46(49-41-22-11-15-32-14-10-21-40(44(32)41)48(45)49)33-26-24-31(25-27-33)34-28-29-43-47-36(34)19-12-20-37(47)35-16-8-9-23-42(35)50-43/h3-29,38,45H,1H2,2H3/b13-5-,30-4+. The topological polar surface area (TPSA) is 0 Å². The molecule has 0 fully saturated rings. The van der Waals surface area contributed by atoms with Crippen molar-refractivity contribution in [3.63, 3.8) is 0 Å². The highest BCUT2D eigenvalue weighted by atomic mass is 32.2. The number of allylic oxidation sites excluding steroid dienone is 13. The Labute approximate surface area is 297 Å². The molecule has 0 nitrogen and oxygen atoms in total. The summed E-state index contributed by atoms with van der Waals surface area (Å²) in [6.07, 6.45) is 17.7. The van der Waals surface area contributed by atoms with Gasteiger partial charge in [0.15, 0.2) is 0 Å². The zero-order valence-corrected chi connectivity index (χ0v) is 28.7. The summed E-state index contributed by atoms with van der Waals surface area (Å²) in [5, 5.41) is 5.35. The first-order chi connectivity index (χ1) is 24.7. The Morgan fingerprint density at radius 3 is 2.24 bits per heavy atom. The molecule has 0 aromatic heterocycles. The van der Waals surface area contributed by atoms with Gasteiger partial charge in [0.05, 0.1) is 0 Å². The Balaban J connectivity index is 1.16. The number of fused-ring (bicyclic) bond motifs is 5. The lowest BCUT2D eigenvalue weighted by atomic mass is 9.65. The molecule has 1 heteroatoms. The summed E-state index contributed by atoms with van der Waals surface area (Å²) >= 11 is 1.88. The van der Waals surface area contributed by atoms with Crippen molar-refractivity contribution >= 4 is 50.0 Å². The zero-order valence-electron chi connectivity index (χ0n) is 27.9. The van der Waals surface area contributed by atoms with Crippen LogP contribution < -0.4 is 0 Å². The van der Waals surface area contributed by atoms with Gasteiger partial charge in [0.25, 0.3) is 0 Å². The Bertz CT molecular complexity index is 2630. The first-order valence-corrected chi connectivity index (χ1v) is 18.3. The largest absolute Gasteiger partial charge is 0.0991 e. The van der Waals surface area contributed by atoms with Crippen LogP contribution in [0.2, 0.25) is 0 Å². The van der Waals surface area contributed by atoms with Gasteiger partial charge in [-0.1, -0.05) is 170 Å². The van der Waals surface area contributed by atoms with Crippen molar-refractivity contribution in [3.05, 3.63) is 198 Å². The SMILES string of the molecule is C=C/C=C\C(=C/C)C1C2=C(C(c3ccc(-c4ccc5c6c(cccc46)-c4ccccc4S5)cc3)=C3C=CC=CC31)c1cccc3cccc2c13. The molecule has 50 heavy (non-hydrogen) atoms. The molecular formula is C49H34S. The molecule has 236 valence electrons. The third kappa shape index (κ3) is 4.20. The molecule has 0 radical (unpaired) electrons. The quantitative estimate of drug-likeness (QED) is 0.166. The van der Waals surface area contributed by atoms with Crippen LogP contribution >= 0.6 is 11.8 Å². The summed E-state index contributed by atoms with van der Waals surface area (Å²) in [6.45, 7) is 6.16. The monoisotopic (exact) mass is 654 g/mol. The first-order valence-electron chi connectivity index (χ1n) is 17.5. The van der Waals surface area contributed by atoms with Crippen molar-refractivity contribution in [3.8, 4) is 22.3 Å². The minimum absolute atomic E-state index is 0.198. The molecule has 6 aromatic rings. The molecule has 4 aliphatic rings. The molecular weight excluding hydrogens is 621 g/mol.